The highest BCUT2D eigenvalue weighted by atomic mass is 32.2. The highest BCUT2D eigenvalue weighted by Gasteiger charge is 2.26. The van der Waals surface area contributed by atoms with Gasteiger partial charge in [0.2, 0.25) is 26.0 Å². The Balaban J connectivity index is 1.44. The maximum Gasteiger partial charge on any atom is 0.269 e. The molecule has 3 heterocycles. The summed E-state index contributed by atoms with van der Waals surface area (Å²) in [5.74, 6) is 0.198. The first-order chi connectivity index (χ1) is 19.8. The SMILES string of the molecule is CS(=O)(=O)N1CCC(Nc2ncc3cc(C(F)F)c(=O)n(Cc4ccc(-c5cccc(S(N)(=O)=O)c5)cc4)c3n2)CC1. The summed E-state index contributed by atoms with van der Waals surface area (Å²) < 4.78 is 77.2. The van der Waals surface area contributed by atoms with E-state index in [1.165, 1.54) is 33.5 Å². The number of sulfonamides is 2. The molecule has 0 radical (unpaired) electrons. The molecule has 11 nitrogen and oxygen atoms in total. The minimum absolute atomic E-state index is 0.0315. The van der Waals surface area contributed by atoms with Gasteiger partial charge in [-0.3, -0.25) is 9.36 Å². The van der Waals surface area contributed by atoms with Gasteiger partial charge < -0.3 is 5.32 Å². The Bertz CT molecular complexity index is 1910. The highest BCUT2D eigenvalue weighted by molar-refractivity contribution is 7.89. The number of primary sulfonamides is 1. The molecule has 42 heavy (non-hydrogen) atoms. The van der Waals surface area contributed by atoms with E-state index in [1.807, 2.05) is 0 Å². The van der Waals surface area contributed by atoms with Crippen molar-refractivity contribution in [3.63, 3.8) is 0 Å². The Morgan fingerprint density at radius 3 is 2.33 bits per heavy atom. The number of alkyl halides is 2. The number of piperidine rings is 1. The van der Waals surface area contributed by atoms with Crippen LogP contribution in [-0.4, -0.2) is 61.1 Å². The lowest BCUT2D eigenvalue weighted by Gasteiger charge is -2.30. The fraction of sp³-hybridized carbons (Fsp3) is 0.296. The molecule has 5 rings (SSSR count). The number of anilines is 1. The molecule has 0 aliphatic carbocycles. The second-order valence-electron chi connectivity index (χ2n) is 10.1. The minimum atomic E-state index is -3.88. The maximum atomic E-state index is 13.8. The third-order valence-electron chi connectivity index (χ3n) is 7.14. The van der Waals surface area contributed by atoms with Gasteiger partial charge in [-0.25, -0.2) is 40.0 Å². The average molecular weight is 619 g/mol. The first-order valence-electron chi connectivity index (χ1n) is 12.9. The van der Waals surface area contributed by atoms with Gasteiger partial charge in [-0.1, -0.05) is 36.4 Å². The van der Waals surface area contributed by atoms with Gasteiger partial charge >= 0.3 is 0 Å². The predicted octanol–water partition coefficient (Wildman–Crippen LogP) is 2.93. The molecule has 1 saturated heterocycles. The van der Waals surface area contributed by atoms with Crippen LogP contribution < -0.4 is 16.0 Å². The van der Waals surface area contributed by atoms with Crippen LogP contribution in [0.3, 0.4) is 0 Å². The zero-order valence-electron chi connectivity index (χ0n) is 22.4. The van der Waals surface area contributed by atoms with Gasteiger partial charge in [0, 0.05) is 30.7 Å². The van der Waals surface area contributed by atoms with Crippen molar-refractivity contribution in [3.8, 4) is 11.1 Å². The van der Waals surface area contributed by atoms with Crippen molar-refractivity contribution in [2.75, 3.05) is 24.7 Å². The molecule has 15 heteroatoms. The Labute approximate surface area is 241 Å². The molecule has 0 amide bonds. The van der Waals surface area contributed by atoms with E-state index in [4.69, 9.17) is 5.14 Å². The summed E-state index contributed by atoms with van der Waals surface area (Å²) in [6.07, 6.45) is 0.592. The number of nitrogens with two attached hydrogens (primary N) is 1. The summed E-state index contributed by atoms with van der Waals surface area (Å²) in [5.41, 5.74) is 0.544. The van der Waals surface area contributed by atoms with E-state index in [0.717, 1.165) is 6.07 Å². The average Bonchev–Trinajstić information content (AvgIpc) is 2.94. The highest BCUT2D eigenvalue weighted by Crippen LogP contribution is 2.25. The summed E-state index contributed by atoms with van der Waals surface area (Å²) in [5, 5.41) is 8.68. The number of hydrogen-bond donors (Lipinski definition) is 2. The standard InChI is InChI=1S/C27H28F2N6O5S2/c1-41(37,38)34-11-9-21(10-12-34)32-27-31-15-20-14-23(24(28)29)26(36)35(25(20)33-27)16-17-5-7-18(8-6-17)19-3-2-4-22(13-19)42(30,39)40/h2-8,13-15,21,24H,9-12,16H2,1H3,(H2,30,39,40)(H,31,32,33). The third kappa shape index (κ3) is 6.48. The number of fused-ring (bicyclic) bond motifs is 1. The molecule has 0 saturated carbocycles. The number of nitrogens with zero attached hydrogens (tertiary/aromatic N) is 4. The minimum Gasteiger partial charge on any atom is -0.351 e. The van der Waals surface area contributed by atoms with E-state index < -0.39 is 37.6 Å². The second kappa shape index (κ2) is 11.5. The Kier molecular flexibility index (Phi) is 8.11. The summed E-state index contributed by atoms with van der Waals surface area (Å²) in [4.78, 5) is 21.9. The Hall–Kier alpha value is -3.79. The van der Waals surface area contributed by atoms with Crippen LogP contribution in [0.1, 0.15) is 30.4 Å². The quantitative estimate of drug-likeness (QED) is 0.305. The first-order valence-corrected chi connectivity index (χ1v) is 16.3. The van der Waals surface area contributed by atoms with Gasteiger partial charge in [-0.15, -0.1) is 0 Å². The second-order valence-corrected chi connectivity index (χ2v) is 13.7. The van der Waals surface area contributed by atoms with Gasteiger partial charge in [0.1, 0.15) is 5.65 Å². The third-order valence-corrected chi connectivity index (χ3v) is 9.35. The molecule has 0 unspecified atom stereocenters. The summed E-state index contributed by atoms with van der Waals surface area (Å²) >= 11 is 0. The molecule has 2 aromatic carbocycles. The zero-order valence-corrected chi connectivity index (χ0v) is 24.1. The van der Waals surface area contributed by atoms with Crippen molar-refractivity contribution in [2.45, 2.75) is 36.7 Å². The number of rotatable bonds is 8. The molecule has 1 aliphatic heterocycles. The predicted molar refractivity (Wildman–Crippen MR) is 154 cm³/mol. The van der Waals surface area contributed by atoms with Crippen LogP contribution in [0.5, 0.6) is 0 Å². The number of pyridine rings is 1. The number of aromatic nitrogens is 3. The fourth-order valence-corrected chi connectivity index (χ4v) is 6.34. The van der Waals surface area contributed by atoms with Crippen LogP contribution in [0.2, 0.25) is 0 Å². The summed E-state index contributed by atoms with van der Waals surface area (Å²) in [6.45, 7) is 0.625. The monoisotopic (exact) mass is 618 g/mol. The van der Waals surface area contributed by atoms with E-state index in [-0.39, 0.29) is 34.5 Å². The summed E-state index contributed by atoms with van der Waals surface area (Å²) in [7, 11) is -7.17. The molecule has 222 valence electrons. The van der Waals surface area contributed by atoms with Crippen LogP contribution in [0.25, 0.3) is 22.2 Å². The number of halogens is 2. The summed E-state index contributed by atoms with van der Waals surface area (Å²) in [6, 6.07) is 14.0. The first kappa shape index (κ1) is 29.7. The normalized spacial score (nSPS) is 15.4. The lowest BCUT2D eigenvalue weighted by Crippen LogP contribution is -2.42. The van der Waals surface area contributed by atoms with Crippen molar-refractivity contribution in [1.82, 2.24) is 18.8 Å². The topological polar surface area (TPSA) is 157 Å². The molecule has 3 N–H and O–H groups in total. The van der Waals surface area contributed by atoms with Crippen molar-refractivity contribution in [3.05, 3.63) is 82.3 Å². The van der Waals surface area contributed by atoms with Gasteiger partial charge in [0.25, 0.3) is 12.0 Å². The van der Waals surface area contributed by atoms with E-state index >= 15 is 0 Å². The largest absolute Gasteiger partial charge is 0.351 e. The van der Waals surface area contributed by atoms with Crippen LogP contribution in [0.4, 0.5) is 14.7 Å². The molecule has 0 bridgehead atoms. The van der Waals surface area contributed by atoms with Gasteiger partial charge in [-0.2, -0.15) is 4.98 Å². The zero-order chi connectivity index (χ0) is 30.2. The molecule has 2 aromatic heterocycles. The lowest BCUT2D eigenvalue weighted by atomic mass is 10.0. The number of nitrogens with one attached hydrogen (secondary N) is 1. The maximum absolute atomic E-state index is 13.8. The van der Waals surface area contributed by atoms with Gasteiger partial charge in [0.15, 0.2) is 0 Å². The molecule has 0 atom stereocenters. The van der Waals surface area contributed by atoms with E-state index in [0.29, 0.717) is 42.6 Å². The van der Waals surface area contributed by atoms with Gasteiger partial charge in [0.05, 0.1) is 23.3 Å². The molecule has 4 aromatic rings. The van der Waals surface area contributed by atoms with E-state index in [9.17, 15) is 30.4 Å². The molecule has 1 aliphatic rings. The molecular weight excluding hydrogens is 590 g/mol. The van der Waals surface area contributed by atoms with E-state index in [1.54, 1.807) is 36.4 Å². The fourth-order valence-electron chi connectivity index (χ4n) is 4.91. The lowest BCUT2D eigenvalue weighted by molar-refractivity contribution is 0.149. The molecule has 0 spiro atoms. The number of benzene rings is 2. The Morgan fingerprint density at radius 1 is 1.02 bits per heavy atom. The van der Waals surface area contributed by atoms with Crippen LogP contribution in [0.15, 0.2) is 70.5 Å². The molecule has 1 fully saturated rings. The van der Waals surface area contributed by atoms with E-state index in [2.05, 4.69) is 15.3 Å². The van der Waals surface area contributed by atoms with Gasteiger partial charge in [-0.05, 0) is 47.7 Å². The van der Waals surface area contributed by atoms with Crippen molar-refractivity contribution < 1.29 is 25.6 Å². The van der Waals surface area contributed by atoms with Crippen LogP contribution in [0, 0.1) is 0 Å². The molecular formula is C27H28F2N6O5S2. The smallest absolute Gasteiger partial charge is 0.269 e. The van der Waals surface area contributed by atoms with Crippen molar-refractivity contribution in [1.29, 1.82) is 0 Å². The van der Waals surface area contributed by atoms with Crippen molar-refractivity contribution in [2.24, 2.45) is 5.14 Å². The van der Waals surface area contributed by atoms with Crippen LogP contribution >= 0.6 is 0 Å². The van der Waals surface area contributed by atoms with Crippen LogP contribution in [-0.2, 0) is 26.6 Å². The Morgan fingerprint density at radius 2 is 1.71 bits per heavy atom. The van der Waals surface area contributed by atoms with Crippen molar-refractivity contribution >= 4 is 37.0 Å². The number of hydrogen-bond acceptors (Lipinski definition) is 8.